The zero-order chi connectivity index (χ0) is 12.4. The largest absolute Gasteiger partial charge is 0.373 e. The molecule has 0 saturated heterocycles. The number of hydrazine groups is 1. The number of hydrogen-bond acceptors (Lipinski definition) is 4. The van der Waals surface area contributed by atoms with E-state index in [-0.39, 0.29) is 12.8 Å². The lowest BCUT2D eigenvalue weighted by molar-refractivity contribution is 0.0134. The highest BCUT2D eigenvalue weighted by molar-refractivity contribution is 6.76. The molecule has 0 radical (unpaired) electrons. The quantitative estimate of drug-likeness (QED) is 0.533. The standard InChI is InChI=1S/C9H20N2O2Si/c1-14(2,3)7-6-13-8-11-5-4-9(12)10-11/h4-5,9-10,12H,6-8H2,1-3H3/i4D,9D. The summed E-state index contributed by atoms with van der Waals surface area (Å²) in [5.41, 5.74) is 2.44. The Kier molecular flexibility index (Phi) is 3.13. The van der Waals surface area contributed by atoms with Crippen molar-refractivity contribution in [3.63, 3.8) is 0 Å². The Morgan fingerprint density at radius 1 is 1.71 bits per heavy atom. The number of nitrogens with one attached hydrogen (secondary N) is 1. The summed E-state index contributed by atoms with van der Waals surface area (Å²) >= 11 is 0. The van der Waals surface area contributed by atoms with Gasteiger partial charge in [-0.1, -0.05) is 19.6 Å². The van der Waals surface area contributed by atoms with Crippen molar-refractivity contribution >= 4 is 8.07 Å². The number of aliphatic hydroxyl groups is 1. The summed E-state index contributed by atoms with van der Waals surface area (Å²) in [7, 11) is -1.08. The molecule has 2 N–H and O–H groups in total. The zero-order valence-electron chi connectivity index (χ0n) is 11.0. The summed E-state index contributed by atoms with van der Waals surface area (Å²) in [6.45, 7) is 7.73. The lowest BCUT2D eigenvalue weighted by Gasteiger charge is -2.19. The van der Waals surface area contributed by atoms with Crippen LogP contribution in [0.1, 0.15) is 2.74 Å². The molecular weight excluding hydrogens is 196 g/mol. The third-order valence-electron chi connectivity index (χ3n) is 1.83. The highest BCUT2D eigenvalue weighted by Gasteiger charge is 2.14. The average molecular weight is 218 g/mol. The van der Waals surface area contributed by atoms with Crippen molar-refractivity contribution in [3.05, 3.63) is 12.3 Å². The van der Waals surface area contributed by atoms with E-state index in [2.05, 4.69) is 25.1 Å². The molecular formula is C9H20N2O2Si. The molecule has 1 unspecified atom stereocenters. The Labute approximate surface area is 89.3 Å². The van der Waals surface area contributed by atoms with Crippen molar-refractivity contribution in [2.45, 2.75) is 31.9 Å². The fraction of sp³-hybridized carbons (Fsp3) is 0.778. The molecule has 14 heavy (non-hydrogen) atoms. The van der Waals surface area contributed by atoms with Crippen molar-refractivity contribution in [1.29, 1.82) is 0 Å². The molecule has 0 saturated carbocycles. The third-order valence-corrected chi connectivity index (χ3v) is 3.54. The van der Waals surface area contributed by atoms with E-state index >= 15 is 0 Å². The van der Waals surface area contributed by atoms with Gasteiger partial charge in [-0.15, -0.1) is 0 Å². The average Bonchev–Trinajstić information content (AvgIpc) is 2.33. The van der Waals surface area contributed by atoms with E-state index in [0.717, 1.165) is 6.04 Å². The van der Waals surface area contributed by atoms with E-state index in [4.69, 9.17) is 7.48 Å². The fourth-order valence-corrected chi connectivity index (χ4v) is 1.71. The molecule has 1 heterocycles. The molecule has 0 aromatic heterocycles. The minimum absolute atomic E-state index is 0.179. The van der Waals surface area contributed by atoms with Gasteiger partial charge in [-0.3, -0.25) is 5.01 Å². The maximum atomic E-state index is 9.33. The molecule has 4 nitrogen and oxygen atoms in total. The van der Waals surface area contributed by atoms with Crippen LogP contribution in [0.4, 0.5) is 0 Å². The van der Waals surface area contributed by atoms with Gasteiger partial charge in [-0.2, -0.15) is 0 Å². The molecule has 0 spiro atoms. The van der Waals surface area contributed by atoms with Gasteiger partial charge in [0.2, 0.25) is 0 Å². The Hall–Kier alpha value is -0.363. The molecule has 0 aromatic rings. The first-order chi connectivity index (χ1) is 7.21. The highest BCUT2D eigenvalue weighted by Crippen LogP contribution is 2.08. The van der Waals surface area contributed by atoms with Gasteiger partial charge in [-0.25, -0.2) is 5.43 Å². The van der Waals surface area contributed by atoms with Gasteiger partial charge < -0.3 is 9.84 Å². The molecule has 5 heteroatoms. The first-order valence-corrected chi connectivity index (χ1v) is 8.45. The first kappa shape index (κ1) is 8.91. The van der Waals surface area contributed by atoms with Crippen LogP contribution in [0.2, 0.25) is 25.7 Å². The van der Waals surface area contributed by atoms with E-state index < -0.39 is 14.3 Å². The number of rotatable bonds is 5. The zero-order valence-corrected chi connectivity index (χ0v) is 10.0. The minimum Gasteiger partial charge on any atom is -0.373 e. The van der Waals surface area contributed by atoms with Crippen LogP contribution in [-0.2, 0) is 4.74 Å². The summed E-state index contributed by atoms with van der Waals surface area (Å²) < 4.78 is 20.0. The van der Waals surface area contributed by atoms with Gasteiger partial charge in [-0.05, 0) is 12.1 Å². The first-order valence-electron chi connectivity index (χ1n) is 5.74. The summed E-state index contributed by atoms with van der Waals surface area (Å²) in [5.74, 6) is 0. The van der Waals surface area contributed by atoms with E-state index in [1.165, 1.54) is 11.2 Å². The summed E-state index contributed by atoms with van der Waals surface area (Å²) in [5, 5.41) is 10.7. The van der Waals surface area contributed by atoms with Crippen molar-refractivity contribution in [3.8, 4) is 0 Å². The Morgan fingerprint density at radius 2 is 2.43 bits per heavy atom. The summed E-state index contributed by atoms with van der Waals surface area (Å²) in [6, 6.07) is 0.893. The lowest BCUT2D eigenvalue weighted by Crippen LogP contribution is -2.36. The molecule has 1 aliphatic rings. The Bertz CT molecular complexity index is 279. The van der Waals surface area contributed by atoms with Gasteiger partial charge in [0, 0.05) is 20.9 Å². The molecule has 0 fully saturated rings. The molecule has 1 atom stereocenters. The van der Waals surface area contributed by atoms with E-state index in [9.17, 15) is 5.11 Å². The second kappa shape index (κ2) is 4.93. The smallest absolute Gasteiger partial charge is 0.142 e. The van der Waals surface area contributed by atoms with Gasteiger partial charge in [0.05, 0.1) is 2.74 Å². The third kappa shape index (κ3) is 4.76. The number of nitrogens with zero attached hydrogens (tertiary/aromatic N) is 1. The minimum atomic E-state index is -2.01. The predicted octanol–water partition coefficient (Wildman–Crippen LogP) is 0.951. The van der Waals surface area contributed by atoms with Crippen LogP contribution in [0.25, 0.3) is 0 Å². The molecule has 82 valence electrons. The monoisotopic (exact) mass is 218 g/mol. The van der Waals surface area contributed by atoms with Gasteiger partial charge in [0.15, 0.2) is 0 Å². The maximum absolute atomic E-state index is 9.33. The second-order valence-corrected chi connectivity index (χ2v) is 10.2. The predicted molar refractivity (Wildman–Crippen MR) is 59.1 cm³/mol. The van der Waals surface area contributed by atoms with Crippen LogP contribution in [0, 0.1) is 0 Å². The van der Waals surface area contributed by atoms with E-state index in [1.54, 1.807) is 0 Å². The van der Waals surface area contributed by atoms with Crippen molar-refractivity contribution in [1.82, 2.24) is 10.4 Å². The Morgan fingerprint density at radius 3 is 2.93 bits per heavy atom. The second-order valence-electron chi connectivity index (χ2n) is 4.55. The summed E-state index contributed by atoms with van der Waals surface area (Å²) in [4.78, 5) is 0. The van der Waals surface area contributed by atoms with Crippen molar-refractivity contribution in [2.24, 2.45) is 0 Å². The van der Waals surface area contributed by atoms with Crippen molar-refractivity contribution < 1.29 is 12.6 Å². The number of ether oxygens (including phenoxy) is 1. The fourth-order valence-electron chi connectivity index (χ4n) is 0.950. The SMILES string of the molecule is [2H]C1=CN(COCC[Si](C)(C)C)NC1([2H])O. The van der Waals surface area contributed by atoms with Crippen LogP contribution >= 0.6 is 0 Å². The molecule has 0 bridgehead atoms. The molecule has 1 rings (SSSR count). The van der Waals surface area contributed by atoms with Crippen LogP contribution in [0.15, 0.2) is 12.3 Å². The van der Waals surface area contributed by atoms with Gasteiger partial charge >= 0.3 is 0 Å². The molecule has 1 aliphatic heterocycles. The van der Waals surface area contributed by atoms with Gasteiger partial charge in [0.1, 0.15) is 12.9 Å². The normalized spacial score (nSPS) is 30.0. The summed E-state index contributed by atoms with van der Waals surface area (Å²) in [6.07, 6.45) is -0.649. The molecule has 0 aliphatic carbocycles. The van der Waals surface area contributed by atoms with Crippen LogP contribution in [0.3, 0.4) is 0 Å². The topological polar surface area (TPSA) is 44.7 Å². The molecule has 0 amide bonds. The lowest BCUT2D eigenvalue weighted by atomic mass is 10.6. The van der Waals surface area contributed by atoms with Crippen LogP contribution in [-0.4, -0.2) is 37.7 Å². The highest BCUT2D eigenvalue weighted by atomic mass is 28.3. The van der Waals surface area contributed by atoms with E-state index in [0.29, 0.717) is 6.61 Å². The van der Waals surface area contributed by atoms with Crippen LogP contribution in [0.5, 0.6) is 0 Å². The van der Waals surface area contributed by atoms with Crippen molar-refractivity contribution in [2.75, 3.05) is 13.3 Å². The van der Waals surface area contributed by atoms with Crippen LogP contribution < -0.4 is 5.43 Å². The Balaban J connectivity index is 2.22. The van der Waals surface area contributed by atoms with E-state index in [1.807, 2.05) is 0 Å². The number of hydrogen-bond donors (Lipinski definition) is 2. The van der Waals surface area contributed by atoms with Gasteiger partial charge in [0.25, 0.3) is 0 Å². The molecule has 0 aromatic carbocycles. The maximum Gasteiger partial charge on any atom is 0.142 e.